The van der Waals surface area contributed by atoms with Gasteiger partial charge in [-0.15, -0.1) is 0 Å². The normalized spacial score (nSPS) is 20.9. The third-order valence-corrected chi connectivity index (χ3v) is 4.44. The molecule has 5 heteroatoms. The molecule has 0 aliphatic carbocycles. The molecule has 1 fully saturated rings. The molecule has 1 aromatic rings. The molecule has 1 aliphatic rings. The second-order valence-electron chi connectivity index (χ2n) is 4.62. The highest BCUT2D eigenvalue weighted by Crippen LogP contribution is 2.23. The van der Waals surface area contributed by atoms with E-state index in [1.165, 1.54) is 0 Å². The van der Waals surface area contributed by atoms with Gasteiger partial charge in [0, 0.05) is 6.61 Å². The van der Waals surface area contributed by atoms with Crippen molar-refractivity contribution in [3.05, 3.63) is 29.3 Å². The molecule has 2 rings (SSSR count). The first-order valence-electron chi connectivity index (χ1n) is 6.11. The number of hydrogen-bond donors (Lipinski definition) is 0. The molecule has 1 saturated heterocycles. The topological polar surface area (TPSA) is 52.6 Å². The van der Waals surface area contributed by atoms with Gasteiger partial charge in [0.25, 0.3) is 10.1 Å². The van der Waals surface area contributed by atoms with Gasteiger partial charge in [-0.1, -0.05) is 17.7 Å². The van der Waals surface area contributed by atoms with Crippen molar-refractivity contribution in [1.29, 1.82) is 0 Å². The third kappa shape index (κ3) is 3.10. The molecule has 1 unspecified atom stereocenters. The van der Waals surface area contributed by atoms with Gasteiger partial charge >= 0.3 is 0 Å². The maximum atomic E-state index is 12.1. The van der Waals surface area contributed by atoms with Gasteiger partial charge in [0.1, 0.15) is 0 Å². The summed E-state index contributed by atoms with van der Waals surface area (Å²) in [4.78, 5) is 0.224. The highest BCUT2D eigenvalue weighted by molar-refractivity contribution is 7.86. The molecule has 18 heavy (non-hydrogen) atoms. The zero-order valence-corrected chi connectivity index (χ0v) is 11.5. The summed E-state index contributed by atoms with van der Waals surface area (Å²) < 4.78 is 34.7. The second kappa shape index (κ2) is 5.38. The van der Waals surface area contributed by atoms with Gasteiger partial charge in [0.05, 0.1) is 4.90 Å². The molecular formula is C13H18O4S. The van der Waals surface area contributed by atoms with Gasteiger partial charge in [0.2, 0.25) is 0 Å². The summed E-state index contributed by atoms with van der Waals surface area (Å²) in [6.07, 6.45) is 1.89. The lowest BCUT2D eigenvalue weighted by molar-refractivity contribution is -0.102. The lowest BCUT2D eigenvalue weighted by atomic mass is 10.2. The number of benzene rings is 1. The number of hydrogen-bond acceptors (Lipinski definition) is 4. The van der Waals surface area contributed by atoms with Crippen molar-refractivity contribution in [2.75, 3.05) is 6.61 Å². The van der Waals surface area contributed by atoms with Crippen molar-refractivity contribution in [3.63, 3.8) is 0 Å². The molecule has 100 valence electrons. The highest BCUT2D eigenvalue weighted by atomic mass is 32.2. The first kappa shape index (κ1) is 13.5. The van der Waals surface area contributed by atoms with Crippen LogP contribution in [0.3, 0.4) is 0 Å². The largest absolute Gasteiger partial charge is 0.351 e. The molecule has 1 aromatic carbocycles. The average Bonchev–Trinajstić information content (AvgIpc) is 2.29. The molecule has 1 heterocycles. The smallest absolute Gasteiger partial charge is 0.299 e. The molecule has 1 aliphatic heterocycles. The van der Waals surface area contributed by atoms with Crippen LogP contribution in [0.15, 0.2) is 23.1 Å². The summed E-state index contributed by atoms with van der Waals surface area (Å²) in [6.45, 7) is 4.26. The maximum Gasteiger partial charge on any atom is 0.299 e. The maximum absolute atomic E-state index is 12.1. The predicted molar refractivity (Wildman–Crippen MR) is 67.8 cm³/mol. The summed E-state index contributed by atoms with van der Waals surface area (Å²) >= 11 is 0. The Morgan fingerprint density at radius 2 is 2.06 bits per heavy atom. The van der Waals surface area contributed by atoms with E-state index in [1.807, 2.05) is 13.0 Å². The standard InChI is InChI=1S/C13H18O4S/c1-10-6-7-12(11(2)9-10)18(14,15)17-13-5-3-4-8-16-13/h6-7,9,13H,3-5,8H2,1-2H3. The lowest BCUT2D eigenvalue weighted by Crippen LogP contribution is -2.25. The first-order chi connectivity index (χ1) is 8.49. The molecule has 0 bridgehead atoms. The first-order valence-corrected chi connectivity index (χ1v) is 7.52. The fourth-order valence-electron chi connectivity index (χ4n) is 2.06. The van der Waals surface area contributed by atoms with E-state index in [2.05, 4.69) is 0 Å². The van der Waals surface area contributed by atoms with Crippen LogP contribution < -0.4 is 0 Å². The summed E-state index contributed by atoms with van der Waals surface area (Å²) in [5, 5.41) is 0. The van der Waals surface area contributed by atoms with Crippen LogP contribution >= 0.6 is 0 Å². The summed E-state index contributed by atoms with van der Waals surface area (Å²) in [5.41, 5.74) is 1.73. The van der Waals surface area contributed by atoms with E-state index in [4.69, 9.17) is 8.92 Å². The van der Waals surface area contributed by atoms with E-state index in [0.29, 0.717) is 18.6 Å². The predicted octanol–water partition coefficient (Wildman–Crippen LogP) is 2.54. The number of aryl methyl sites for hydroxylation is 2. The molecule has 0 aromatic heterocycles. The third-order valence-electron chi connectivity index (χ3n) is 2.97. The number of ether oxygens (including phenoxy) is 1. The van der Waals surface area contributed by atoms with Gasteiger partial charge in [0.15, 0.2) is 6.29 Å². The Morgan fingerprint density at radius 1 is 1.28 bits per heavy atom. The van der Waals surface area contributed by atoms with Crippen LogP contribution in [0.25, 0.3) is 0 Å². The molecule has 1 atom stereocenters. The molecule has 4 nitrogen and oxygen atoms in total. The van der Waals surface area contributed by atoms with E-state index < -0.39 is 16.4 Å². The lowest BCUT2D eigenvalue weighted by Gasteiger charge is -2.22. The SMILES string of the molecule is Cc1ccc(S(=O)(=O)OC2CCCCO2)c(C)c1. The van der Waals surface area contributed by atoms with Crippen molar-refractivity contribution in [2.45, 2.75) is 44.3 Å². The summed E-state index contributed by atoms with van der Waals surface area (Å²) in [7, 11) is -3.73. The molecule has 0 amide bonds. The monoisotopic (exact) mass is 270 g/mol. The van der Waals surface area contributed by atoms with Gasteiger partial charge < -0.3 is 4.74 Å². The van der Waals surface area contributed by atoms with Crippen molar-refractivity contribution in [2.24, 2.45) is 0 Å². The van der Waals surface area contributed by atoms with Gasteiger partial charge in [-0.3, -0.25) is 0 Å². The Balaban J connectivity index is 2.19. The Bertz CT molecular complexity index is 516. The van der Waals surface area contributed by atoms with Crippen molar-refractivity contribution >= 4 is 10.1 Å². The second-order valence-corrected chi connectivity index (χ2v) is 6.16. The highest BCUT2D eigenvalue weighted by Gasteiger charge is 2.25. The Hall–Kier alpha value is -0.910. The van der Waals surface area contributed by atoms with Crippen LogP contribution in [0.2, 0.25) is 0 Å². The van der Waals surface area contributed by atoms with Crippen LogP contribution in [0.1, 0.15) is 30.4 Å². The van der Waals surface area contributed by atoms with E-state index in [0.717, 1.165) is 18.4 Å². The Morgan fingerprint density at radius 3 is 2.67 bits per heavy atom. The Kier molecular flexibility index (Phi) is 4.04. The van der Waals surface area contributed by atoms with Gasteiger partial charge in [-0.05, 0) is 44.7 Å². The average molecular weight is 270 g/mol. The quantitative estimate of drug-likeness (QED) is 0.792. The van der Waals surface area contributed by atoms with Gasteiger partial charge in [-0.2, -0.15) is 8.42 Å². The molecule has 0 saturated carbocycles. The molecular weight excluding hydrogens is 252 g/mol. The van der Waals surface area contributed by atoms with E-state index in [-0.39, 0.29) is 4.90 Å². The number of rotatable bonds is 3. The van der Waals surface area contributed by atoms with Crippen LogP contribution in [0.5, 0.6) is 0 Å². The van der Waals surface area contributed by atoms with Crippen LogP contribution in [-0.2, 0) is 19.0 Å². The zero-order valence-electron chi connectivity index (χ0n) is 10.7. The fourth-order valence-corrected chi connectivity index (χ4v) is 3.29. The molecule has 0 N–H and O–H groups in total. The van der Waals surface area contributed by atoms with Crippen molar-refractivity contribution < 1.29 is 17.3 Å². The molecule has 0 radical (unpaired) electrons. The Labute approximate surface area is 108 Å². The fraction of sp³-hybridized carbons (Fsp3) is 0.538. The van der Waals surface area contributed by atoms with Crippen molar-refractivity contribution in [3.8, 4) is 0 Å². The summed E-state index contributed by atoms with van der Waals surface area (Å²) in [6, 6.07) is 5.19. The van der Waals surface area contributed by atoms with E-state index in [1.54, 1.807) is 19.1 Å². The van der Waals surface area contributed by atoms with Crippen molar-refractivity contribution in [1.82, 2.24) is 0 Å². The van der Waals surface area contributed by atoms with E-state index >= 15 is 0 Å². The van der Waals surface area contributed by atoms with Crippen LogP contribution in [0, 0.1) is 13.8 Å². The minimum Gasteiger partial charge on any atom is -0.351 e. The summed E-state index contributed by atoms with van der Waals surface area (Å²) in [5.74, 6) is 0. The van der Waals surface area contributed by atoms with Crippen LogP contribution in [0.4, 0.5) is 0 Å². The van der Waals surface area contributed by atoms with Crippen LogP contribution in [-0.4, -0.2) is 21.3 Å². The minimum atomic E-state index is -3.73. The van der Waals surface area contributed by atoms with Gasteiger partial charge in [-0.25, -0.2) is 4.18 Å². The molecule has 0 spiro atoms. The van der Waals surface area contributed by atoms with E-state index in [9.17, 15) is 8.42 Å². The zero-order chi connectivity index (χ0) is 13.2. The minimum absolute atomic E-state index is 0.224.